The van der Waals surface area contributed by atoms with Gasteiger partial charge in [-0.3, -0.25) is 4.79 Å². The van der Waals surface area contributed by atoms with Crippen molar-refractivity contribution in [2.45, 2.75) is 6.04 Å². The fourth-order valence-corrected chi connectivity index (χ4v) is 1.31. The molecule has 5 nitrogen and oxygen atoms in total. The van der Waals surface area contributed by atoms with E-state index in [4.69, 9.17) is 0 Å². The van der Waals surface area contributed by atoms with Gasteiger partial charge in [0, 0.05) is 19.6 Å². The smallest absolute Gasteiger partial charge is 0.318 e. The minimum atomic E-state index is -0.211. The molecule has 5 heteroatoms. The number of nitrogens with one attached hydrogen (secondary N) is 2. The van der Waals surface area contributed by atoms with Gasteiger partial charge in [0.05, 0.1) is 0 Å². The Hall–Kier alpha value is -1.26. The molecule has 2 aliphatic heterocycles. The summed E-state index contributed by atoms with van der Waals surface area (Å²) in [5.74, 6) is -0.0398. The van der Waals surface area contributed by atoms with Crippen LogP contribution in [0.5, 0.6) is 0 Å². The summed E-state index contributed by atoms with van der Waals surface area (Å²) in [4.78, 5) is 23.4. The Kier molecular flexibility index (Phi) is 1.24. The van der Waals surface area contributed by atoms with Gasteiger partial charge in [0.15, 0.2) is 0 Å². The van der Waals surface area contributed by atoms with Crippen LogP contribution >= 0.6 is 0 Å². The molecule has 2 saturated heterocycles. The zero-order valence-corrected chi connectivity index (χ0v) is 5.96. The number of urea groups is 1. The largest absolute Gasteiger partial charge is 0.352 e. The molecule has 3 amide bonds. The van der Waals surface area contributed by atoms with Crippen molar-refractivity contribution in [1.29, 1.82) is 0 Å². The van der Waals surface area contributed by atoms with Crippen LogP contribution in [0.3, 0.4) is 0 Å². The minimum absolute atomic E-state index is 0.0398. The summed E-state index contributed by atoms with van der Waals surface area (Å²) < 4.78 is 0. The molecular formula is C6H9N3O2. The van der Waals surface area contributed by atoms with E-state index in [0.717, 1.165) is 0 Å². The molecule has 2 fully saturated rings. The summed E-state index contributed by atoms with van der Waals surface area (Å²) in [7, 11) is 0. The molecule has 2 heterocycles. The van der Waals surface area contributed by atoms with Crippen LogP contribution in [0.1, 0.15) is 0 Å². The first-order chi connectivity index (χ1) is 5.29. The summed E-state index contributed by atoms with van der Waals surface area (Å²) in [6, 6.07) is -0.331. The normalized spacial score (nSPS) is 29.5. The quantitative estimate of drug-likeness (QED) is 0.453. The Labute approximate surface area is 63.7 Å². The first kappa shape index (κ1) is 6.45. The predicted octanol–water partition coefficient (Wildman–Crippen LogP) is -1.49. The summed E-state index contributed by atoms with van der Waals surface area (Å²) in [6.07, 6.45) is 0. The van der Waals surface area contributed by atoms with Gasteiger partial charge in [0.1, 0.15) is 6.04 Å². The molecule has 11 heavy (non-hydrogen) atoms. The van der Waals surface area contributed by atoms with E-state index in [1.807, 2.05) is 0 Å². The van der Waals surface area contributed by atoms with Crippen LogP contribution in [0.25, 0.3) is 0 Å². The average molecular weight is 155 g/mol. The Morgan fingerprint density at radius 1 is 1.36 bits per heavy atom. The van der Waals surface area contributed by atoms with Crippen molar-refractivity contribution >= 4 is 11.9 Å². The van der Waals surface area contributed by atoms with Crippen molar-refractivity contribution < 1.29 is 9.59 Å². The summed E-state index contributed by atoms with van der Waals surface area (Å²) in [6.45, 7) is 1.91. The van der Waals surface area contributed by atoms with Gasteiger partial charge in [-0.15, -0.1) is 0 Å². The maximum absolute atomic E-state index is 11.0. The highest BCUT2D eigenvalue weighted by Crippen LogP contribution is 2.08. The van der Waals surface area contributed by atoms with Crippen LogP contribution < -0.4 is 10.6 Å². The average Bonchev–Trinajstić information content (AvgIpc) is 2.34. The van der Waals surface area contributed by atoms with Crippen molar-refractivity contribution in [1.82, 2.24) is 15.5 Å². The molecule has 0 spiro atoms. The molecule has 0 aliphatic carbocycles. The van der Waals surface area contributed by atoms with E-state index in [1.165, 1.54) is 0 Å². The zero-order chi connectivity index (χ0) is 7.84. The topological polar surface area (TPSA) is 61.4 Å². The van der Waals surface area contributed by atoms with Crippen molar-refractivity contribution in [3.05, 3.63) is 0 Å². The summed E-state index contributed by atoms with van der Waals surface area (Å²) >= 11 is 0. The van der Waals surface area contributed by atoms with Gasteiger partial charge >= 0.3 is 6.03 Å². The second kappa shape index (κ2) is 2.11. The van der Waals surface area contributed by atoms with E-state index in [2.05, 4.69) is 10.6 Å². The number of carbonyl (C=O) groups excluding carboxylic acids is 2. The third-order valence-corrected chi connectivity index (χ3v) is 2.04. The van der Waals surface area contributed by atoms with Crippen LogP contribution in [-0.4, -0.2) is 42.5 Å². The number of rotatable bonds is 1. The lowest BCUT2D eigenvalue weighted by Gasteiger charge is -2.32. The SMILES string of the molecule is O=C1NCC1N1CCNC1=O. The van der Waals surface area contributed by atoms with Crippen molar-refractivity contribution in [2.75, 3.05) is 19.6 Å². The molecule has 2 aliphatic rings. The zero-order valence-electron chi connectivity index (χ0n) is 5.96. The monoisotopic (exact) mass is 155 g/mol. The first-order valence-electron chi connectivity index (χ1n) is 3.61. The molecule has 1 unspecified atom stereocenters. The second-order valence-electron chi connectivity index (χ2n) is 2.69. The predicted molar refractivity (Wildman–Crippen MR) is 36.9 cm³/mol. The van der Waals surface area contributed by atoms with Crippen LogP contribution in [0.2, 0.25) is 0 Å². The maximum atomic E-state index is 11.0. The Morgan fingerprint density at radius 3 is 2.55 bits per heavy atom. The van der Waals surface area contributed by atoms with E-state index in [-0.39, 0.29) is 18.0 Å². The fraction of sp³-hybridized carbons (Fsp3) is 0.667. The van der Waals surface area contributed by atoms with Gasteiger partial charge in [-0.25, -0.2) is 4.79 Å². The number of hydrogen-bond acceptors (Lipinski definition) is 2. The molecule has 0 bridgehead atoms. The third kappa shape index (κ3) is 0.840. The maximum Gasteiger partial charge on any atom is 0.318 e. The molecule has 0 aromatic rings. The molecular weight excluding hydrogens is 146 g/mol. The number of hydrogen-bond donors (Lipinski definition) is 2. The second-order valence-corrected chi connectivity index (χ2v) is 2.69. The molecule has 1 atom stereocenters. The standard InChI is InChI=1S/C6H9N3O2/c10-5-4(3-8-5)9-2-1-7-6(9)11/h4H,1-3H2,(H,7,11)(H,8,10). The van der Waals surface area contributed by atoms with Gasteiger partial charge in [0.2, 0.25) is 5.91 Å². The van der Waals surface area contributed by atoms with Crippen LogP contribution in [-0.2, 0) is 4.79 Å². The van der Waals surface area contributed by atoms with E-state index in [9.17, 15) is 9.59 Å². The van der Waals surface area contributed by atoms with Gasteiger partial charge in [-0.2, -0.15) is 0 Å². The molecule has 2 N–H and O–H groups in total. The Bertz CT molecular complexity index is 216. The Balaban J connectivity index is 2.04. The van der Waals surface area contributed by atoms with E-state index in [1.54, 1.807) is 4.90 Å². The highest BCUT2D eigenvalue weighted by Gasteiger charge is 2.38. The van der Waals surface area contributed by atoms with Crippen molar-refractivity contribution in [2.24, 2.45) is 0 Å². The molecule has 2 rings (SSSR count). The lowest BCUT2D eigenvalue weighted by molar-refractivity contribution is -0.131. The van der Waals surface area contributed by atoms with Crippen molar-refractivity contribution in [3.8, 4) is 0 Å². The Morgan fingerprint density at radius 2 is 2.18 bits per heavy atom. The highest BCUT2D eigenvalue weighted by atomic mass is 16.2. The highest BCUT2D eigenvalue weighted by molar-refractivity contribution is 5.92. The third-order valence-electron chi connectivity index (χ3n) is 2.04. The number of nitrogens with zero attached hydrogens (tertiary/aromatic N) is 1. The molecule has 60 valence electrons. The van der Waals surface area contributed by atoms with Crippen LogP contribution in [0.4, 0.5) is 4.79 Å². The first-order valence-corrected chi connectivity index (χ1v) is 3.61. The lowest BCUT2D eigenvalue weighted by atomic mass is 10.1. The van der Waals surface area contributed by atoms with Crippen LogP contribution in [0, 0.1) is 0 Å². The summed E-state index contributed by atoms with van der Waals surface area (Å²) in [5, 5.41) is 5.24. The molecule has 0 radical (unpaired) electrons. The number of carbonyl (C=O) groups is 2. The van der Waals surface area contributed by atoms with Gasteiger partial charge in [-0.1, -0.05) is 0 Å². The lowest BCUT2D eigenvalue weighted by Crippen LogP contribution is -2.62. The fourth-order valence-electron chi connectivity index (χ4n) is 1.31. The van der Waals surface area contributed by atoms with Gasteiger partial charge in [0.25, 0.3) is 0 Å². The molecule has 0 saturated carbocycles. The molecule has 0 aromatic heterocycles. The van der Waals surface area contributed by atoms with Gasteiger partial charge < -0.3 is 15.5 Å². The van der Waals surface area contributed by atoms with E-state index >= 15 is 0 Å². The number of amides is 3. The molecule has 0 aromatic carbocycles. The van der Waals surface area contributed by atoms with E-state index < -0.39 is 0 Å². The summed E-state index contributed by atoms with van der Waals surface area (Å²) in [5.41, 5.74) is 0. The van der Waals surface area contributed by atoms with Crippen LogP contribution in [0.15, 0.2) is 0 Å². The van der Waals surface area contributed by atoms with Gasteiger partial charge in [-0.05, 0) is 0 Å². The minimum Gasteiger partial charge on any atom is -0.352 e. The van der Waals surface area contributed by atoms with E-state index in [0.29, 0.717) is 19.6 Å². The van der Waals surface area contributed by atoms with Crippen molar-refractivity contribution in [3.63, 3.8) is 0 Å². The number of β-lactam (4-membered cyclic amide) rings is 1.